The van der Waals surface area contributed by atoms with E-state index >= 15 is 0 Å². The Kier molecular flexibility index (Phi) is 1.55. The van der Waals surface area contributed by atoms with Gasteiger partial charge in [0.1, 0.15) is 0 Å². The van der Waals surface area contributed by atoms with Crippen molar-refractivity contribution in [1.29, 1.82) is 0 Å². The third kappa shape index (κ3) is 0.721. The minimum atomic E-state index is 0.0787. The van der Waals surface area contributed by atoms with Crippen LogP contribution in [0.15, 0.2) is 11.6 Å². The Bertz CT molecular complexity index is 328. The molecule has 3 aliphatic rings. The van der Waals surface area contributed by atoms with Crippen LogP contribution < -0.4 is 0 Å². The monoisotopic (exact) mass is 190 g/mol. The molecular formula is C13H18O. The molecule has 0 amide bonds. The van der Waals surface area contributed by atoms with Gasteiger partial charge < -0.3 is 0 Å². The van der Waals surface area contributed by atoms with Crippen LogP contribution in [0, 0.1) is 10.8 Å². The Labute approximate surface area is 85.6 Å². The van der Waals surface area contributed by atoms with E-state index in [1.54, 1.807) is 0 Å². The van der Waals surface area contributed by atoms with Crippen LogP contribution in [0.3, 0.4) is 0 Å². The van der Waals surface area contributed by atoms with Crippen molar-refractivity contribution in [2.75, 3.05) is 0 Å². The summed E-state index contributed by atoms with van der Waals surface area (Å²) in [5.41, 5.74) is 1.80. The van der Waals surface area contributed by atoms with Gasteiger partial charge in [-0.2, -0.15) is 0 Å². The Hall–Kier alpha value is -0.590. The molecule has 3 rings (SSSR count). The highest BCUT2D eigenvalue weighted by Crippen LogP contribution is 2.67. The van der Waals surface area contributed by atoms with Gasteiger partial charge in [0.2, 0.25) is 0 Å². The number of ketones is 1. The van der Waals surface area contributed by atoms with Gasteiger partial charge in [-0.3, -0.25) is 4.79 Å². The topological polar surface area (TPSA) is 17.1 Å². The number of carbonyl (C=O) groups excluding carboxylic acids is 1. The van der Waals surface area contributed by atoms with Crippen molar-refractivity contribution in [1.82, 2.24) is 0 Å². The maximum atomic E-state index is 12.1. The van der Waals surface area contributed by atoms with E-state index in [4.69, 9.17) is 0 Å². The second-order valence-electron chi connectivity index (χ2n) is 5.42. The summed E-state index contributed by atoms with van der Waals surface area (Å²) in [6.45, 7) is 2.19. The average molecular weight is 190 g/mol. The summed E-state index contributed by atoms with van der Waals surface area (Å²) in [5, 5.41) is 0. The Morgan fingerprint density at radius 2 is 1.57 bits per heavy atom. The van der Waals surface area contributed by atoms with E-state index in [0.29, 0.717) is 11.2 Å². The van der Waals surface area contributed by atoms with E-state index in [1.807, 2.05) is 6.08 Å². The molecule has 0 unspecified atom stereocenters. The van der Waals surface area contributed by atoms with Crippen molar-refractivity contribution < 1.29 is 4.79 Å². The molecule has 0 aliphatic heterocycles. The van der Waals surface area contributed by atoms with Crippen molar-refractivity contribution in [3.63, 3.8) is 0 Å². The van der Waals surface area contributed by atoms with Crippen LogP contribution in [0.5, 0.6) is 0 Å². The normalized spacial score (nSPS) is 46.1. The predicted octanol–water partition coefficient (Wildman–Crippen LogP) is 3.25. The first kappa shape index (κ1) is 8.70. The number of allylic oxidation sites excluding steroid dienone is 2. The largest absolute Gasteiger partial charge is 0.294 e. The van der Waals surface area contributed by atoms with Crippen molar-refractivity contribution in [3.05, 3.63) is 11.6 Å². The SMILES string of the molecule is CC1=CC(=O)[C@@]23CCCC[C@@]12CCC3. The molecule has 0 aromatic carbocycles. The van der Waals surface area contributed by atoms with E-state index in [9.17, 15) is 4.79 Å². The summed E-state index contributed by atoms with van der Waals surface area (Å²) in [5.74, 6) is 0.465. The second-order valence-corrected chi connectivity index (χ2v) is 5.42. The smallest absolute Gasteiger partial charge is 0.162 e. The summed E-state index contributed by atoms with van der Waals surface area (Å²) >= 11 is 0. The zero-order chi connectivity index (χ0) is 9.81. The summed E-state index contributed by atoms with van der Waals surface area (Å²) < 4.78 is 0. The maximum Gasteiger partial charge on any atom is 0.162 e. The first-order valence-electron chi connectivity index (χ1n) is 5.95. The fraction of sp³-hybridized carbons (Fsp3) is 0.769. The van der Waals surface area contributed by atoms with Gasteiger partial charge >= 0.3 is 0 Å². The Morgan fingerprint density at radius 3 is 2.29 bits per heavy atom. The van der Waals surface area contributed by atoms with Gasteiger partial charge in [-0.05, 0) is 38.7 Å². The van der Waals surface area contributed by atoms with Crippen LogP contribution in [0.1, 0.15) is 51.9 Å². The lowest BCUT2D eigenvalue weighted by molar-refractivity contribution is -0.128. The van der Waals surface area contributed by atoms with Crippen LogP contribution in [0.4, 0.5) is 0 Å². The summed E-state index contributed by atoms with van der Waals surface area (Å²) in [4.78, 5) is 12.1. The standard InChI is InChI=1S/C13H18O/c1-10-9-11(14)13-6-3-2-5-12(10,13)7-4-8-13/h9H,2-8H2,1H3/t12-,13+/m1/s1. The Morgan fingerprint density at radius 1 is 1.00 bits per heavy atom. The molecule has 1 heteroatoms. The number of carbonyl (C=O) groups is 1. The van der Waals surface area contributed by atoms with E-state index in [1.165, 1.54) is 50.5 Å². The molecule has 0 N–H and O–H groups in total. The van der Waals surface area contributed by atoms with Crippen LogP contribution in [0.25, 0.3) is 0 Å². The van der Waals surface area contributed by atoms with Gasteiger partial charge in [0.05, 0.1) is 0 Å². The van der Waals surface area contributed by atoms with Gasteiger partial charge in [0.25, 0.3) is 0 Å². The molecule has 0 spiro atoms. The molecule has 76 valence electrons. The molecule has 0 bridgehead atoms. The van der Waals surface area contributed by atoms with E-state index in [0.717, 1.165) is 0 Å². The molecule has 2 saturated carbocycles. The third-order valence-corrected chi connectivity index (χ3v) is 5.15. The molecule has 0 saturated heterocycles. The van der Waals surface area contributed by atoms with E-state index in [-0.39, 0.29) is 5.41 Å². The zero-order valence-electron chi connectivity index (χ0n) is 8.94. The molecule has 0 aromatic heterocycles. The van der Waals surface area contributed by atoms with Crippen LogP contribution in [0.2, 0.25) is 0 Å². The van der Waals surface area contributed by atoms with Crippen molar-refractivity contribution in [3.8, 4) is 0 Å². The molecule has 0 radical (unpaired) electrons. The fourth-order valence-corrected chi connectivity index (χ4v) is 4.48. The highest BCUT2D eigenvalue weighted by atomic mass is 16.1. The van der Waals surface area contributed by atoms with Gasteiger partial charge in [-0.15, -0.1) is 0 Å². The number of hydrogen-bond acceptors (Lipinski definition) is 1. The van der Waals surface area contributed by atoms with Gasteiger partial charge in [-0.1, -0.05) is 24.8 Å². The molecule has 3 aliphatic carbocycles. The zero-order valence-corrected chi connectivity index (χ0v) is 8.94. The second kappa shape index (κ2) is 2.50. The third-order valence-electron chi connectivity index (χ3n) is 5.15. The van der Waals surface area contributed by atoms with E-state index in [2.05, 4.69) is 6.92 Å². The molecule has 14 heavy (non-hydrogen) atoms. The predicted molar refractivity (Wildman–Crippen MR) is 55.9 cm³/mol. The van der Waals surface area contributed by atoms with Crippen molar-refractivity contribution in [2.24, 2.45) is 10.8 Å². The lowest BCUT2D eigenvalue weighted by atomic mass is 9.57. The van der Waals surface area contributed by atoms with Gasteiger partial charge in [0.15, 0.2) is 5.78 Å². The first-order chi connectivity index (χ1) is 6.71. The molecule has 1 nitrogen and oxygen atoms in total. The van der Waals surface area contributed by atoms with Crippen molar-refractivity contribution in [2.45, 2.75) is 51.9 Å². The average Bonchev–Trinajstić information content (AvgIpc) is 2.66. The fourth-order valence-electron chi connectivity index (χ4n) is 4.48. The maximum absolute atomic E-state index is 12.1. The molecule has 2 atom stereocenters. The molecule has 2 fully saturated rings. The van der Waals surface area contributed by atoms with Crippen LogP contribution in [-0.2, 0) is 4.79 Å². The van der Waals surface area contributed by atoms with Crippen LogP contribution in [-0.4, -0.2) is 5.78 Å². The molecular weight excluding hydrogens is 172 g/mol. The highest BCUT2D eigenvalue weighted by Gasteiger charge is 2.62. The van der Waals surface area contributed by atoms with Crippen molar-refractivity contribution >= 4 is 5.78 Å². The van der Waals surface area contributed by atoms with Gasteiger partial charge in [-0.25, -0.2) is 0 Å². The minimum Gasteiger partial charge on any atom is -0.294 e. The molecule has 0 aromatic rings. The van der Waals surface area contributed by atoms with E-state index < -0.39 is 0 Å². The quantitative estimate of drug-likeness (QED) is 0.573. The number of hydrogen-bond donors (Lipinski definition) is 0. The summed E-state index contributed by atoms with van der Waals surface area (Å²) in [7, 11) is 0. The summed E-state index contributed by atoms with van der Waals surface area (Å²) in [6, 6.07) is 0. The first-order valence-corrected chi connectivity index (χ1v) is 5.95. The van der Waals surface area contributed by atoms with Gasteiger partial charge in [0, 0.05) is 10.8 Å². The number of rotatable bonds is 0. The lowest BCUT2D eigenvalue weighted by Crippen LogP contribution is -2.41. The molecule has 0 heterocycles. The lowest BCUT2D eigenvalue weighted by Gasteiger charge is -2.45. The Balaban J connectivity index is 2.16. The summed E-state index contributed by atoms with van der Waals surface area (Å²) in [6.07, 6.45) is 10.7. The van der Waals surface area contributed by atoms with Crippen LogP contribution >= 0.6 is 0 Å². The minimum absolute atomic E-state index is 0.0787. The highest BCUT2D eigenvalue weighted by molar-refractivity contribution is 6.00.